The van der Waals surface area contributed by atoms with Crippen LogP contribution in [-0.4, -0.2) is 47.8 Å². The Bertz CT molecular complexity index is 1090. The molecule has 3 aromatic rings. The lowest BCUT2D eigenvalue weighted by molar-refractivity contribution is -0.131. The molecule has 1 saturated heterocycles. The van der Waals surface area contributed by atoms with Crippen molar-refractivity contribution in [1.29, 1.82) is 0 Å². The van der Waals surface area contributed by atoms with Crippen LogP contribution in [0.2, 0.25) is 5.02 Å². The Morgan fingerprint density at radius 3 is 2.24 bits per heavy atom. The first-order valence-electron chi connectivity index (χ1n) is 11.7. The average molecular weight is 476 g/mol. The minimum Gasteiger partial charge on any atom is -0.345 e. The molecule has 0 bridgehead atoms. The van der Waals surface area contributed by atoms with Crippen molar-refractivity contribution in [2.24, 2.45) is 0 Å². The van der Waals surface area contributed by atoms with Gasteiger partial charge in [0.25, 0.3) is 5.91 Å². The molecule has 2 amide bonds. The third-order valence-corrected chi connectivity index (χ3v) is 6.52. The molecule has 0 radical (unpaired) electrons. The van der Waals surface area contributed by atoms with Crippen molar-refractivity contribution in [2.75, 3.05) is 26.2 Å². The van der Waals surface area contributed by atoms with Crippen LogP contribution in [0.5, 0.6) is 0 Å². The molecule has 176 valence electrons. The van der Waals surface area contributed by atoms with Crippen molar-refractivity contribution in [3.05, 3.63) is 107 Å². The highest BCUT2D eigenvalue weighted by Gasteiger charge is 2.25. The van der Waals surface area contributed by atoms with Crippen LogP contribution in [0, 0.1) is 0 Å². The van der Waals surface area contributed by atoms with Crippen LogP contribution in [-0.2, 0) is 11.3 Å². The molecule has 6 heteroatoms. The van der Waals surface area contributed by atoms with Gasteiger partial charge in [-0.1, -0.05) is 84.4 Å². The fourth-order valence-corrected chi connectivity index (χ4v) is 4.56. The molecule has 1 aliphatic rings. The number of nitrogens with zero attached hydrogens (tertiary/aromatic N) is 2. The minimum absolute atomic E-state index is 0.0508. The van der Waals surface area contributed by atoms with E-state index in [1.807, 2.05) is 41.3 Å². The topological polar surface area (TPSA) is 52.7 Å². The maximum Gasteiger partial charge on any atom is 0.253 e. The van der Waals surface area contributed by atoms with Gasteiger partial charge in [0, 0.05) is 32.7 Å². The smallest absolute Gasteiger partial charge is 0.253 e. The van der Waals surface area contributed by atoms with Gasteiger partial charge in [-0.05, 0) is 29.7 Å². The third kappa shape index (κ3) is 6.46. The SMILES string of the molecule is O=C(NC(CC(=O)N1CCCN(Cc2ccccc2)CC1)c1ccccc1)c1ccccc1Cl. The Morgan fingerprint density at radius 1 is 0.824 bits per heavy atom. The Morgan fingerprint density at radius 2 is 1.50 bits per heavy atom. The largest absolute Gasteiger partial charge is 0.345 e. The summed E-state index contributed by atoms with van der Waals surface area (Å²) in [6.07, 6.45) is 1.14. The van der Waals surface area contributed by atoms with Crippen molar-refractivity contribution >= 4 is 23.4 Å². The summed E-state index contributed by atoms with van der Waals surface area (Å²) in [7, 11) is 0. The number of carbonyl (C=O) groups is 2. The van der Waals surface area contributed by atoms with E-state index in [2.05, 4.69) is 34.5 Å². The second-order valence-electron chi connectivity index (χ2n) is 8.62. The first-order chi connectivity index (χ1) is 16.6. The molecule has 1 heterocycles. The number of halogens is 1. The van der Waals surface area contributed by atoms with Crippen LogP contribution in [0.15, 0.2) is 84.9 Å². The second kappa shape index (κ2) is 11.8. The van der Waals surface area contributed by atoms with E-state index in [1.165, 1.54) is 5.56 Å². The van der Waals surface area contributed by atoms with Gasteiger partial charge in [-0.2, -0.15) is 0 Å². The molecule has 1 atom stereocenters. The van der Waals surface area contributed by atoms with Gasteiger partial charge < -0.3 is 10.2 Å². The van der Waals surface area contributed by atoms with E-state index in [1.54, 1.807) is 24.3 Å². The molecule has 1 fully saturated rings. The Labute approximate surface area is 206 Å². The first kappa shape index (κ1) is 24.0. The lowest BCUT2D eigenvalue weighted by Gasteiger charge is -2.25. The number of nitrogens with one attached hydrogen (secondary N) is 1. The van der Waals surface area contributed by atoms with Crippen LogP contribution in [0.1, 0.15) is 40.4 Å². The molecule has 0 aliphatic carbocycles. The number of carbonyl (C=O) groups excluding carboxylic acids is 2. The number of rotatable bonds is 7. The van der Waals surface area contributed by atoms with Gasteiger partial charge in [-0.15, -0.1) is 0 Å². The molecule has 5 nitrogen and oxygen atoms in total. The summed E-state index contributed by atoms with van der Waals surface area (Å²) in [4.78, 5) is 30.6. The maximum absolute atomic E-state index is 13.3. The Balaban J connectivity index is 1.41. The van der Waals surface area contributed by atoms with Gasteiger partial charge in [0.1, 0.15) is 0 Å². The molecule has 3 aromatic carbocycles. The van der Waals surface area contributed by atoms with E-state index >= 15 is 0 Å². The van der Waals surface area contributed by atoms with Crippen molar-refractivity contribution < 1.29 is 9.59 Å². The zero-order valence-corrected chi connectivity index (χ0v) is 20.0. The molecule has 1 unspecified atom stereocenters. The highest BCUT2D eigenvalue weighted by molar-refractivity contribution is 6.33. The Hall–Kier alpha value is -3.15. The van der Waals surface area contributed by atoms with Crippen molar-refractivity contribution in [2.45, 2.75) is 25.4 Å². The van der Waals surface area contributed by atoms with Crippen LogP contribution >= 0.6 is 11.6 Å². The molecule has 0 spiro atoms. The van der Waals surface area contributed by atoms with Crippen molar-refractivity contribution in [3.8, 4) is 0 Å². The number of amides is 2. The molecule has 1 N–H and O–H groups in total. The van der Waals surface area contributed by atoms with Gasteiger partial charge in [0.05, 0.1) is 23.0 Å². The highest BCUT2D eigenvalue weighted by atomic mass is 35.5. The normalized spacial score (nSPS) is 15.4. The molecule has 0 saturated carbocycles. The molecule has 34 heavy (non-hydrogen) atoms. The summed E-state index contributed by atoms with van der Waals surface area (Å²) in [5.41, 5.74) is 2.59. The number of hydrogen-bond acceptors (Lipinski definition) is 3. The molecule has 1 aliphatic heterocycles. The minimum atomic E-state index is -0.429. The molecule has 0 aromatic heterocycles. The molecular weight excluding hydrogens is 446 g/mol. The molecule has 4 rings (SSSR count). The average Bonchev–Trinajstić information content (AvgIpc) is 3.10. The van der Waals surface area contributed by atoms with E-state index in [4.69, 9.17) is 11.6 Å². The van der Waals surface area contributed by atoms with Crippen molar-refractivity contribution in [3.63, 3.8) is 0 Å². The van der Waals surface area contributed by atoms with Gasteiger partial charge in [-0.3, -0.25) is 14.5 Å². The standard InChI is InChI=1S/C28H30ClN3O2/c29-25-15-8-7-14-24(25)28(34)30-26(23-12-5-2-6-13-23)20-27(33)32-17-9-16-31(18-19-32)21-22-10-3-1-4-11-22/h1-8,10-15,26H,9,16-21H2,(H,30,34). The first-order valence-corrected chi connectivity index (χ1v) is 12.1. The highest BCUT2D eigenvalue weighted by Crippen LogP contribution is 2.22. The fourth-order valence-electron chi connectivity index (χ4n) is 4.34. The van der Waals surface area contributed by atoms with Crippen LogP contribution in [0.4, 0.5) is 0 Å². The number of benzene rings is 3. The van der Waals surface area contributed by atoms with Crippen LogP contribution in [0.3, 0.4) is 0 Å². The lowest BCUT2D eigenvalue weighted by Crippen LogP contribution is -2.38. The summed E-state index contributed by atoms with van der Waals surface area (Å²) in [5, 5.41) is 3.43. The van der Waals surface area contributed by atoms with Crippen LogP contribution < -0.4 is 5.32 Å². The summed E-state index contributed by atoms with van der Waals surface area (Å²) < 4.78 is 0. The predicted octanol–water partition coefficient (Wildman–Crippen LogP) is 4.94. The quantitative estimate of drug-likeness (QED) is 0.526. The van der Waals surface area contributed by atoms with E-state index in [0.29, 0.717) is 17.1 Å². The predicted molar refractivity (Wildman–Crippen MR) is 136 cm³/mol. The summed E-state index contributed by atoms with van der Waals surface area (Å²) in [6, 6.07) is 26.6. The van der Waals surface area contributed by atoms with Gasteiger partial charge in [0.2, 0.25) is 5.91 Å². The van der Waals surface area contributed by atoms with Gasteiger partial charge >= 0.3 is 0 Å². The zero-order chi connectivity index (χ0) is 23.8. The lowest BCUT2D eigenvalue weighted by atomic mass is 10.0. The third-order valence-electron chi connectivity index (χ3n) is 6.19. The Kier molecular flexibility index (Phi) is 8.34. The van der Waals surface area contributed by atoms with Crippen molar-refractivity contribution in [1.82, 2.24) is 15.1 Å². The summed E-state index contributed by atoms with van der Waals surface area (Å²) in [5.74, 6) is -0.230. The van der Waals surface area contributed by atoms with Crippen LogP contribution in [0.25, 0.3) is 0 Å². The second-order valence-corrected chi connectivity index (χ2v) is 9.02. The van der Waals surface area contributed by atoms with Gasteiger partial charge in [-0.25, -0.2) is 0 Å². The van der Waals surface area contributed by atoms with E-state index in [-0.39, 0.29) is 18.2 Å². The molecular formula is C28H30ClN3O2. The van der Waals surface area contributed by atoms with E-state index < -0.39 is 6.04 Å². The summed E-state index contributed by atoms with van der Waals surface area (Å²) >= 11 is 6.23. The fraction of sp³-hybridized carbons (Fsp3) is 0.286. The van der Waals surface area contributed by atoms with E-state index in [0.717, 1.165) is 38.2 Å². The summed E-state index contributed by atoms with van der Waals surface area (Å²) in [6.45, 7) is 4.10. The monoisotopic (exact) mass is 475 g/mol. The maximum atomic E-state index is 13.3. The van der Waals surface area contributed by atoms with Gasteiger partial charge in [0.15, 0.2) is 0 Å². The van der Waals surface area contributed by atoms with E-state index in [9.17, 15) is 9.59 Å². The number of hydrogen-bond donors (Lipinski definition) is 1. The zero-order valence-electron chi connectivity index (χ0n) is 19.2.